The summed E-state index contributed by atoms with van der Waals surface area (Å²) in [5.41, 5.74) is 9.94. The first-order valence-corrected chi connectivity index (χ1v) is 14.1. The van der Waals surface area contributed by atoms with E-state index in [-0.39, 0.29) is 17.9 Å². The second-order valence-electron chi connectivity index (χ2n) is 9.64. The first-order chi connectivity index (χ1) is 20.4. The van der Waals surface area contributed by atoms with Crippen LogP contribution in [0.25, 0.3) is 38.8 Å². The number of nitrogens with two attached hydrogens (primary N) is 1. The van der Waals surface area contributed by atoms with Crippen LogP contribution in [0, 0.1) is 0 Å². The highest BCUT2D eigenvalue weighted by Crippen LogP contribution is 2.35. The molecule has 42 heavy (non-hydrogen) atoms. The first-order valence-electron chi connectivity index (χ1n) is 13.1. The topological polar surface area (TPSA) is 153 Å². The van der Waals surface area contributed by atoms with Crippen LogP contribution in [0.15, 0.2) is 90.0 Å². The molecular weight excluding hydrogens is 554 g/mol. The van der Waals surface area contributed by atoms with E-state index < -0.39 is 17.3 Å². The Balaban J connectivity index is 1.57. The first kappa shape index (κ1) is 27.3. The third-order valence-corrected chi connectivity index (χ3v) is 7.60. The molecule has 2 unspecified atom stereocenters. The molecule has 0 fully saturated rings. The number of fused-ring (bicyclic) bond motifs is 2. The van der Waals surface area contributed by atoms with Crippen LogP contribution in [0.1, 0.15) is 24.2 Å². The number of nitrogen functional groups attached to an aromatic ring is 1. The molecule has 212 valence electrons. The van der Waals surface area contributed by atoms with Crippen molar-refractivity contribution in [2.24, 2.45) is 0 Å². The molecule has 6 rings (SSSR count). The Morgan fingerprint density at radius 3 is 2.57 bits per heavy atom. The maximum absolute atomic E-state index is 13.9. The summed E-state index contributed by atoms with van der Waals surface area (Å²) in [6, 6.07) is 23.8. The predicted octanol–water partition coefficient (Wildman–Crippen LogP) is 3.88. The van der Waals surface area contributed by atoms with Gasteiger partial charge in [0.25, 0.3) is 5.56 Å². The molecule has 0 saturated heterocycles. The van der Waals surface area contributed by atoms with Crippen LogP contribution in [0.3, 0.4) is 0 Å². The molecule has 0 amide bonds. The zero-order chi connectivity index (χ0) is 29.4. The number of aromatic nitrogens is 5. The SMILES string of the molecule is COc1ccc(-c2nn(C(C)c3cc4ccccc4c(=O)n3-c3ccccc3)c3ncnc(N)c23)cc1CNS(=O)[O-]. The summed E-state index contributed by atoms with van der Waals surface area (Å²) in [5.74, 6) is 0.754. The zero-order valence-electron chi connectivity index (χ0n) is 22.7. The van der Waals surface area contributed by atoms with Crippen LogP contribution in [0.4, 0.5) is 5.82 Å². The maximum Gasteiger partial charge on any atom is 0.263 e. The van der Waals surface area contributed by atoms with Gasteiger partial charge in [0, 0.05) is 40.0 Å². The Labute approximate surface area is 243 Å². The molecule has 12 heteroatoms. The Hall–Kier alpha value is -4.91. The van der Waals surface area contributed by atoms with Gasteiger partial charge in [-0.05, 0) is 54.8 Å². The van der Waals surface area contributed by atoms with Crippen molar-refractivity contribution in [1.82, 2.24) is 29.0 Å². The number of nitrogens with zero attached hydrogens (tertiary/aromatic N) is 5. The molecule has 3 heterocycles. The molecule has 3 aromatic carbocycles. The summed E-state index contributed by atoms with van der Waals surface area (Å²) in [5, 5.41) is 6.92. The monoisotopic (exact) mass is 580 g/mol. The van der Waals surface area contributed by atoms with Crippen LogP contribution >= 0.6 is 0 Å². The van der Waals surface area contributed by atoms with E-state index in [0.29, 0.717) is 44.7 Å². The van der Waals surface area contributed by atoms with Gasteiger partial charge in [-0.3, -0.25) is 13.6 Å². The molecule has 11 nitrogen and oxygen atoms in total. The van der Waals surface area contributed by atoms with Gasteiger partial charge < -0.3 is 15.0 Å². The highest BCUT2D eigenvalue weighted by Gasteiger charge is 2.24. The normalized spacial score (nSPS) is 12.9. The third-order valence-electron chi connectivity index (χ3n) is 7.22. The van der Waals surface area contributed by atoms with Crippen LogP contribution in [-0.2, 0) is 17.8 Å². The Bertz CT molecular complexity index is 2020. The highest BCUT2D eigenvalue weighted by molar-refractivity contribution is 7.77. The van der Waals surface area contributed by atoms with E-state index in [1.165, 1.54) is 13.4 Å². The molecule has 0 aliphatic carbocycles. The number of benzene rings is 3. The number of pyridine rings is 1. The molecule has 0 aliphatic heterocycles. The van der Waals surface area contributed by atoms with E-state index in [9.17, 15) is 13.6 Å². The van der Waals surface area contributed by atoms with Crippen molar-refractivity contribution >= 4 is 38.9 Å². The number of hydrogen-bond acceptors (Lipinski definition) is 8. The summed E-state index contributed by atoms with van der Waals surface area (Å²) < 4.78 is 33.6. The standard InChI is InChI=1S/C30H27N7O4S/c1-18(24-15-19-8-6-7-11-23(19)30(38)36(24)22-9-4-3-5-10-22)37-29-26(28(31)32-17-33-29)27(35-37)20-12-13-25(41-2)21(14-20)16-34-42(39)40/h3-15,17-18,34H,16H2,1-2H3,(H,39,40)(H2,31,32,33)/p-1. The van der Waals surface area contributed by atoms with Gasteiger partial charge in [-0.2, -0.15) is 5.10 Å². The lowest BCUT2D eigenvalue weighted by atomic mass is 10.1. The average Bonchev–Trinajstić information content (AvgIpc) is 3.41. The second-order valence-corrected chi connectivity index (χ2v) is 10.4. The second kappa shape index (κ2) is 11.2. The smallest absolute Gasteiger partial charge is 0.263 e. The van der Waals surface area contributed by atoms with Crippen molar-refractivity contribution in [2.75, 3.05) is 12.8 Å². The fraction of sp³-hybridized carbons (Fsp3) is 0.133. The fourth-order valence-electron chi connectivity index (χ4n) is 5.22. The van der Waals surface area contributed by atoms with E-state index in [1.54, 1.807) is 21.4 Å². The molecule has 0 saturated carbocycles. The van der Waals surface area contributed by atoms with Crippen LogP contribution in [-0.4, -0.2) is 40.2 Å². The number of ether oxygens (including phenoxy) is 1. The Kier molecular flexibility index (Phi) is 7.25. The number of hydrogen-bond donors (Lipinski definition) is 2. The average molecular weight is 581 g/mol. The van der Waals surface area contributed by atoms with Gasteiger partial charge in [0.1, 0.15) is 23.6 Å². The molecule has 3 N–H and O–H groups in total. The Morgan fingerprint density at radius 2 is 1.81 bits per heavy atom. The van der Waals surface area contributed by atoms with Gasteiger partial charge in [-0.15, -0.1) is 0 Å². The quantitative estimate of drug-likeness (QED) is 0.257. The minimum absolute atomic E-state index is 0.0224. The van der Waals surface area contributed by atoms with Gasteiger partial charge in [0.05, 0.1) is 24.2 Å². The number of nitrogens with one attached hydrogen (secondary N) is 1. The molecule has 3 aromatic heterocycles. The predicted molar refractivity (Wildman–Crippen MR) is 161 cm³/mol. The van der Waals surface area contributed by atoms with E-state index >= 15 is 0 Å². The van der Waals surface area contributed by atoms with E-state index in [4.69, 9.17) is 15.6 Å². The summed E-state index contributed by atoms with van der Waals surface area (Å²) in [6.07, 6.45) is 1.38. The van der Waals surface area contributed by atoms with E-state index in [0.717, 1.165) is 11.1 Å². The van der Waals surface area contributed by atoms with Crippen LogP contribution in [0.2, 0.25) is 0 Å². The molecule has 0 radical (unpaired) electrons. The maximum atomic E-state index is 13.9. The van der Waals surface area contributed by atoms with Crippen molar-refractivity contribution in [3.63, 3.8) is 0 Å². The molecule has 2 atom stereocenters. The number of para-hydroxylation sites is 1. The van der Waals surface area contributed by atoms with Crippen molar-refractivity contribution in [1.29, 1.82) is 0 Å². The minimum Gasteiger partial charge on any atom is -0.760 e. The van der Waals surface area contributed by atoms with Gasteiger partial charge in [0.15, 0.2) is 5.65 Å². The minimum atomic E-state index is -2.45. The fourth-order valence-corrected chi connectivity index (χ4v) is 5.50. The molecular formula is C30H26N7O4S-. The van der Waals surface area contributed by atoms with Crippen LogP contribution < -0.4 is 20.8 Å². The lowest BCUT2D eigenvalue weighted by Gasteiger charge is -2.20. The van der Waals surface area contributed by atoms with Gasteiger partial charge >= 0.3 is 0 Å². The summed E-state index contributed by atoms with van der Waals surface area (Å²) in [6.45, 7) is 1.97. The molecule has 0 aliphatic rings. The van der Waals surface area contributed by atoms with Gasteiger partial charge in [-0.25, -0.2) is 19.4 Å². The van der Waals surface area contributed by atoms with Gasteiger partial charge in [-0.1, -0.05) is 36.4 Å². The van der Waals surface area contributed by atoms with Crippen molar-refractivity contribution in [3.05, 3.63) is 107 Å². The molecule has 6 aromatic rings. The van der Waals surface area contributed by atoms with E-state index in [1.807, 2.05) is 73.7 Å². The van der Waals surface area contributed by atoms with E-state index in [2.05, 4.69) is 14.7 Å². The van der Waals surface area contributed by atoms with Crippen molar-refractivity contribution in [3.8, 4) is 22.7 Å². The molecule has 0 bridgehead atoms. The van der Waals surface area contributed by atoms with Crippen LogP contribution in [0.5, 0.6) is 5.75 Å². The van der Waals surface area contributed by atoms with Crippen molar-refractivity contribution < 1.29 is 13.5 Å². The Morgan fingerprint density at radius 1 is 1.05 bits per heavy atom. The molecule has 0 spiro atoms. The van der Waals surface area contributed by atoms with Gasteiger partial charge in [0.2, 0.25) is 0 Å². The summed E-state index contributed by atoms with van der Waals surface area (Å²) in [7, 11) is 1.51. The summed E-state index contributed by atoms with van der Waals surface area (Å²) >= 11 is -2.45. The lowest BCUT2D eigenvalue weighted by molar-refractivity contribution is 0.409. The number of anilines is 1. The van der Waals surface area contributed by atoms with Crippen molar-refractivity contribution in [2.45, 2.75) is 19.5 Å². The number of rotatable bonds is 8. The zero-order valence-corrected chi connectivity index (χ0v) is 23.5. The number of methoxy groups -OCH3 is 1. The third kappa shape index (κ3) is 4.81. The largest absolute Gasteiger partial charge is 0.760 e. The summed E-state index contributed by atoms with van der Waals surface area (Å²) in [4.78, 5) is 22.6. The lowest BCUT2D eigenvalue weighted by Crippen LogP contribution is -2.25. The highest BCUT2D eigenvalue weighted by atomic mass is 32.2.